The summed E-state index contributed by atoms with van der Waals surface area (Å²) in [7, 11) is 0. The number of nitrogens with zero attached hydrogens (tertiary/aromatic N) is 2. The van der Waals surface area contributed by atoms with Crippen molar-refractivity contribution in [3.63, 3.8) is 0 Å². The lowest BCUT2D eigenvalue weighted by atomic mass is 9.97. The van der Waals surface area contributed by atoms with E-state index in [-0.39, 0.29) is 11.8 Å². The van der Waals surface area contributed by atoms with Gasteiger partial charge >= 0.3 is 0 Å². The van der Waals surface area contributed by atoms with Crippen molar-refractivity contribution in [3.05, 3.63) is 29.1 Å². The molecule has 0 spiro atoms. The van der Waals surface area contributed by atoms with Crippen molar-refractivity contribution in [1.82, 2.24) is 15.2 Å². The SMILES string of the molecule is CCN1CCC[C@@H](C(=O)NCc2cnc3c(c2)CCC3)C1. The van der Waals surface area contributed by atoms with E-state index in [2.05, 4.69) is 28.2 Å². The van der Waals surface area contributed by atoms with Gasteiger partial charge in [-0.05, 0) is 56.3 Å². The average molecular weight is 287 g/mol. The van der Waals surface area contributed by atoms with E-state index < -0.39 is 0 Å². The molecule has 0 unspecified atom stereocenters. The van der Waals surface area contributed by atoms with Crippen LogP contribution in [0.15, 0.2) is 12.3 Å². The number of piperidine rings is 1. The fraction of sp³-hybridized carbons (Fsp3) is 0.647. The molecular weight excluding hydrogens is 262 g/mol. The summed E-state index contributed by atoms with van der Waals surface area (Å²) in [5.74, 6) is 0.356. The Labute approximate surface area is 126 Å². The maximum atomic E-state index is 12.3. The normalized spacial score (nSPS) is 22.0. The van der Waals surface area contributed by atoms with Gasteiger partial charge in [0.05, 0.1) is 5.92 Å². The van der Waals surface area contributed by atoms with Gasteiger partial charge in [0, 0.05) is 25.0 Å². The molecule has 2 heterocycles. The maximum absolute atomic E-state index is 12.3. The molecule has 0 radical (unpaired) electrons. The summed E-state index contributed by atoms with van der Waals surface area (Å²) in [6, 6.07) is 2.22. The van der Waals surface area contributed by atoms with Gasteiger partial charge in [0.25, 0.3) is 0 Å². The zero-order chi connectivity index (χ0) is 14.7. The van der Waals surface area contributed by atoms with Crippen LogP contribution in [0.1, 0.15) is 43.0 Å². The van der Waals surface area contributed by atoms with Crippen LogP contribution in [-0.2, 0) is 24.2 Å². The van der Waals surface area contributed by atoms with E-state index in [0.29, 0.717) is 6.54 Å². The fourth-order valence-electron chi connectivity index (χ4n) is 3.46. The molecule has 4 heteroatoms. The first-order chi connectivity index (χ1) is 10.3. The topological polar surface area (TPSA) is 45.2 Å². The first kappa shape index (κ1) is 14.5. The number of fused-ring (bicyclic) bond motifs is 1. The Balaban J connectivity index is 1.53. The summed E-state index contributed by atoms with van der Waals surface area (Å²) >= 11 is 0. The molecule has 0 bridgehead atoms. The molecule has 0 saturated carbocycles. The van der Waals surface area contributed by atoms with Crippen LogP contribution in [-0.4, -0.2) is 35.4 Å². The van der Waals surface area contributed by atoms with Gasteiger partial charge < -0.3 is 10.2 Å². The fourth-order valence-corrected chi connectivity index (χ4v) is 3.46. The van der Waals surface area contributed by atoms with Crippen LogP contribution in [0.2, 0.25) is 0 Å². The molecule has 0 aromatic carbocycles. The number of nitrogens with one attached hydrogen (secondary N) is 1. The van der Waals surface area contributed by atoms with Crippen LogP contribution < -0.4 is 5.32 Å². The summed E-state index contributed by atoms with van der Waals surface area (Å²) in [6.45, 7) is 5.86. The first-order valence-electron chi connectivity index (χ1n) is 8.23. The standard InChI is InChI=1S/C17H25N3O/c1-2-20-8-4-6-15(12-20)17(21)19-11-13-9-14-5-3-7-16(14)18-10-13/h9-10,15H,2-8,11-12H2,1H3,(H,19,21)/t15-/m1/s1. The molecule has 1 aliphatic carbocycles. The molecule has 1 saturated heterocycles. The third-order valence-electron chi connectivity index (χ3n) is 4.77. The number of rotatable bonds is 4. The van der Waals surface area contributed by atoms with Gasteiger partial charge in [0.2, 0.25) is 5.91 Å². The van der Waals surface area contributed by atoms with Gasteiger partial charge in [-0.1, -0.05) is 13.0 Å². The number of carbonyl (C=O) groups excluding carboxylic acids is 1. The summed E-state index contributed by atoms with van der Waals surface area (Å²) in [6.07, 6.45) is 7.53. The van der Waals surface area contributed by atoms with Crippen LogP contribution in [0.25, 0.3) is 0 Å². The van der Waals surface area contributed by atoms with E-state index in [9.17, 15) is 4.79 Å². The van der Waals surface area contributed by atoms with E-state index in [1.807, 2.05) is 6.20 Å². The molecule has 1 aromatic heterocycles. The highest BCUT2D eigenvalue weighted by Crippen LogP contribution is 2.20. The zero-order valence-corrected chi connectivity index (χ0v) is 12.9. The molecule has 4 nitrogen and oxygen atoms in total. The molecule has 2 aliphatic rings. The lowest BCUT2D eigenvalue weighted by Crippen LogP contribution is -2.42. The molecule has 1 aliphatic heterocycles. The predicted molar refractivity (Wildman–Crippen MR) is 82.9 cm³/mol. The minimum absolute atomic E-state index is 0.154. The van der Waals surface area contributed by atoms with Crippen molar-refractivity contribution in [2.24, 2.45) is 5.92 Å². The van der Waals surface area contributed by atoms with Gasteiger partial charge in [-0.15, -0.1) is 0 Å². The number of aromatic nitrogens is 1. The molecule has 1 N–H and O–H groups in total. The highest BCUT2D eigenvalue weighted by Gasteiger charge is 2.24. The highest BCUT2D eigenvalue weighted by molar-refractivity contribution is 5.78. The van der Waals surface area contributed by atoms with E-state index in [4.69, 9.17) is 0 Å². The Morgan fingerprint density at radius 2 is 2.33 bits per heavy atom. The van der Waals surface area contributed by atoms with Gasteiger partial charge in [-0.3, -0.25) is 9.78 Å². The number of aryl methyl sites for hydroxylation is 2. The van der Waals surface area contributed by atoms with Crippen molar-refractivity contribution in [2.45, 2.75) is 45.6 Å². The first-order valence-corrected chi connectivity index (χ1v) is 8.23. The second-order valence-corrected chi connectivity index (χ2v) is 6.25. The largest absolute Gasteiger partial charge is 0.352 e. The number of carbonyl (C=O) groups is 1. The quantitative estimate of drug-likeness (QED) is 0.920. The van der Waals surface area contributed by atoms with Gasteiger partial charge in [0.1, 0.15) is 0 Å². The third kappa shape index (κ3) is 3.43. The molecule has 3 rings (SSSR count). The monoisotopic (exact) mass is 287 g/mol. The number of hydrogen-bond donors (Lipinski definition) is 1. The van der Waals surface area contributed by atoms with Crippen LogP contribution in [0, 0.1) is 5.92 Å². The Morgan fingerprint density at radius 1 is 1.43 bits per heavy atom. The molecule has 1 aromatic rings. The summed E-state index contributed by atoms with van der Waals surface area (Å²) in [4.78, 5) is 19.2. The van der Waals surface area contributed by atoms with E-state index in [1.165, 1.54) is 17.7 Å². The maximum Gasteiger partial charge on any atom is 0.224 e. The van der Waals surface area contributed by atoms with E-state index >= 15 is 0 Å². The van der Waals surface area contributed by atoms with Crippen molar-refractivity contribution in [1.29, 1.82) is 0 Å². The molecule has 21 heavy (non-hydrogen) atoms. The number of amides is 1. The lowest BCUT2D eigenvalue weighted by Gasteiger charge is -2.30. The van der Waals surface area contributed by atoms with Gasteiger partial charge in [-0.2, -0.15) is 0 Å². The third-order valence-corrected chi connectivity index (χ3v) is 4.77. The van der Waals surface area contributed by atoms with Crippen molar-refractivity contribution >= 4 is 5.91 Å². The molecular formula is C17H25N3O. The van der Waals surface area contributed by atoms with Crippen LogP contribution in [0.3, 0.4) is 0 Å². The van der Waals surface area contributed by atoms with Gasteiger partial charge in [0.15, 0.2) is 0 Å². The van der Waals surface area contributed by atoms with Crippen LogP contribution in [0.5, 0.6) is 0 Å². The molecule has 114 valence electrons. The lowest BCUT2D eigenvalue weighted by molar-refractivity contribution is -0.126. The number of pyridine rings is 1. The minimum atomic E-state index is 0.154. The number of hydrogen-bond acceptors (Lipinski definition) is 3. The zero-order valence-electron chi connectivity index (χ0n) is 12.9. The predicted octanol–water partition coefficient (Wildman–Crippen LogP) is 1.92. The van der Waals surface area contributed by atoms with Crippen LogP contribution in [0.4, 0.5) is 0 Å². The van der Waals surface area contributed by atoms with Crippen molar-refractivity contribution < 1.29 is 4.79 Å². The minimum Gasteiger partial charge on any atom is -0.352 e. The Hall–Kier alpha value is -1.42. The average Bonchev–Trinajstić information content (AvgIpc) is 3.00. The van der Waals surface area contributed by atoms with E-state index in [0.717, 1.165) is 50.9 Å². The second-order valence-electron chi connectivity index (χ2n) is 6.25. The number of likely N-dealkylation sites (tertiary alicyclic amines) is 1. The van der Waals surface area contributed by atoms with E-state index in [1.54, 1.807) is 0 Å². The Kier molecular flexibility index (Phi) is 4.54. The molecule has 1 fully saturated rings. The molecule has 1 atom stereocenters. The van der Waals surface area contributed by atoms with Crippen molar-refractivity contribution in [2.75, 3.05) is 19.6 Å². The smallest absolute Gasteiger partial charge is 0.224 e. The second kappa shape index (κ2) is 6.56. The Bertz CT molecular complexity index is 515. The summed E-state index contributed by atoms with van der Waals surface area (Å²) < 4.78 is 0. The van der Waals surface area contributed by atoms with Gasteiger partial charge in [-0.25, -0.2) is 0 Å². The summed E-state index contributed by atoms with van der Waals surface area (Å²) in [5, 5.41) is 3.10. The Morgan fingerprint density at radius 3 is 3.19 bits per heavy atom. The van der Waals surface area contributed by atoms with Crippen LogP contribution >= 0.6 is 0 Å². The summed E-state index contributed by atoms with van der Waals surface area (Å²) in [5.41, 5.74) is 3.75. The van der Waals surface area contributed by atoms with Crippen molar-refractivity contribution in [3.8, 4) is 0 Å². The molecule has 1 amide bonds. The highest BCUT2D eigenvalue weighted by atomic mass is 16.1.